The second-order valence-electron chi connectivity index (χ2n) is 3.76. The van der Waals surface area contributed by atoms with E-state index in [2.05, 4.69) is 6.92 Å². The Balaban J connectivity index is 2.81. The molecule has 3 atom stereocenters. The highest BCUT2D eigenvalue weighted by molar-refractivity contribution is 7.87. The van der Waals surface area contributed by atoms with Gasteiger partial charge in [-0.05, 0) is 32.1 Å². The van der Waals surface area contributed by atoms with Gasteiger partial charge in [-0.2, -0.15) is 16.8 Å². The zero-order chi connectivity index (χ0) is 11.9. The first kappa shape index (κ1) is 12.9. The quantitative estimate of drug-likeness (QED) is 0.681. The van der Waals surface area contributed by atoms with Crippen LogP contribution in [0.4, 0.5) is 0 Å². The first-order chi connectivity index (χ1) is 6.62. The van der Waals surface area contributed by atoms with Gasteiger partial charge < -0.3 is 0 Å². The van der Waals surface area contributed by atoms with Crippen molar-refractivity contribution in [2.45, 2.75) is 29.8 Å². The minimum absolute atomic E-state index is 0.00252. The van der Waals surface area contributed by atoms with Crippen LogP contribution in [0, 0.1) is 12.8 Å². The van der Waals surface area contributed by atoms with Crippen LogP contribution in [-0.4, -0.2) is 36.4 Å². The molecule has 0 aliphatic heterocycles. The second kappa shape index (κ2) is 4.00. The summed E-state index contributed by atoms with van der Waals surface area (Å²) in [7, 11) is -8.33. The lowest BCUT2D eigenvalue weighted by molar-refractivity contribution is 0.360. The number of hydrogen-bond donors (Lipinski definition) is 2. The Morgan fingerprint density at radius 1 is 1.00 bits per heavy atom. The average Bonchev–Trinajstić information content (AvgIpc) is 1.99. The molecule has 15 heavy (non-hydrogen) atoms. The van der Waals surface area contributed by atoms with Crippen LogP contribution in [-0.2, 0) is 20.2 Å². The van der Waals surface area contributed by atoms with E-state index in [0.717, 1.165) is 0 Å². The molecule has 0 aromatic rings. The summed E-state index contributed by atoms with van der Waals surface area (Å²) in [6.45, 7) is 3.49. The Kier molecular flexibility index (Phi) is 3.44. The van der Waals surface area contributed by atoms with Crippen LogP contribution in [0.2, 0.25) is 0 Å². The molecule has 1 saturated carbocycles. The van der Waals surface area contributed by atoms with Gasteiger partial charge in [-0.15, -0.1) is 0 Å². The molecule has 89 valence electrons. The van der Waals surface area contributed by atoms with E-state index >= 15 is 0 Å². The van der Waals surface area contributed by atoms with Crippen molar-refractivity contribution in [3.8, 4) is 0 Å². The van der Waals surface area contributed by atoms with E-state index in [-0.39, 0.29) is 19.3 Å². The molecule has 0 heterocycles. The number of hydrogen-bond acceptors (Lipinski definition) is 4. The summed E-state index contributed by atoms with van der Waals surface area (Å²) in [6.07, 6.45) is -0.0317. The third kappa shape index (κ3) is 3.13. The van der Waals surface area contributed by atoms with Crippen molar-refractivity contribution in [3.05, 3.63) is 6.92 Å². The van der Waals surface area contributed by atoms with Crippen molar-refractivity contribution >= 4 is 20.2 Å². The highest BCUT2D eigenvalue weighted by Gasteiger charge is 2.39. The van der Waals surface area contributed by atoms with Crippen LogP contribution in [0.15, 0.2) is 0 Å². The monoisotopic (exact) mass is 257 g/mol. The lowest BCUT2D eigenvalue weighted by Crippen LogP contribution is -2.38. The fourth-order valence-corrected chi connectivity index (χ4v) is 3.81. The summed E-state index contributed by atoms with van der Waals surface area (Å²) >= 11 is 0. The molecule has 0 aromatic carbocycles. The molecule has 8 heteroatoms. The van der Waals surface area contributed by atoms with Crippen LogP contribution >= 0.6 is 0 Å². The van der Waals surface area contributed by atoms with E-state index in [1.807, 2.05) is 0 Å². The maximum atomic E-state index is 10.9. The van der Waals surface area contributed by atoms with Crippen LogP contribution in [0.5, 0.6) is 0 Å². The van der Waals surface area contributed by atoms with Crippen LogP contribution in [0.1, 0.15) is 19.3 Å². The van der Waals surface area contributed by atoms with Gasteiger partial charge in [0, 0.05) is 0 Å². The van der Waals surface area contributed by atoms with Gasteiger partial charge in [0.2, 0.25) is 0 Å². The predicted octanol–water partition coefficient (Wildman–Crippen LogP) is 0.133. The van der Waals surface area contributed by atoms with Gasteiger partial charge in [-0.3, -0.25) is 9.11 Å². The molecule has 1 aliphatic carbocycles. The van der Waals surface area contributed by atoms with E-state index in [1.54, 1.807) is 0 Å². The summed E-state index contributed by atoms with van der Waals surface area (Å²) in [5.74, 6) is -0.722. The Morgan fingerprint density at radius 3 is 1.87 bits per heavy atom. The molecule has 2 N–H and O–H groups in total. The Morgan fingerprint density at radius 2 is 1.53 bits per heavy atom. The van der Waals surface area contributed by atoms with Crippen molar-refractivity contribution < 1.29 is 25.9 Å². The summed E-state index contributed by atoms with van der Waals surface area (Å²) in [4.78, 5) is 0. The topological polar surface area (TPSA) is 109 Å². The molecule has 0 spiro atoms. The maximum Gasteiger partial charge on any atom is 0.268 e. The molecule has 0 amide bonds. The molecule has 0 aromatic heterocycles. The predicted molar refractivity (Wildman–Crippen MR) is 53.4 cm³/mol. The smallest absolute Gasteiger partial charge is 0.268 e. The SMILES string of the molecule is [CH2]C1CC(S(=O)(=O)O)CCC1S(=O)(=O)O. The van der Waals surface area contributed by atoms with Gasteiger partial charge in [0.05, 0.1) is 10.5 Å². The van der Waals surface area contributed by atoms with Gasteiger partial charge in [0.15, 0.2) is 0 Å². The highest BCUT2D eigenvalue weighted by atomic mass is 32.2. The molecule has 6 nitrogen and oxygen atoms in total. The first-order valence-electron chi connectivity index (χ1n) is 4.38. The molecular formula is C7H13O6S2. The van der Waals surface area contributed by atoms with Crippen LogP contribution in [0.3, 0.4) is 0 Å². The normalized spacial score (nSPS) is 33.9. The van der Waals surface area contributed by atoms with Crippen LogP contribution in [0.25, 0.3) is 0 Å². The number of rotatable bonds is 2. The van der Waals surface area contributed by atoms with Crippen LogP contribution < -0.4 is 0 Å². The molecular weight excluding hydrogens is 244 g/mol. The summed E-state index contributed by atoms with van der Waals surface area (Å²) in [5, 5.41) is -2.01. The second-order valence-corrected chi connectivity index (χ2v) is 7.10. The van der Waals surface area contributed by atoms with Crippen molar-refractivity contribution in [2.75, 3.05) is 0 Å². The minimum Gasteiger partial charge on any atom is -0.285 e. The van der Waals surface area contributed by atoms with Crippen molar-refractivity contribution in [1.29, 1.82) is 0 Å². The summed E-state index contributed by atoms with van der Waals surface area (Å²) < 4.78 is 60.9. The van der Waals surface area contributed by atoms with E-state index in [0.29, 0.717) is 0 Å². The molecule has 0 saturated heterocycles. The largest absolute Gasteiger partial charge is 0.285 e. The molecule has 3 unspecified atom stereocenters. The maximum absolute atomic E-state index is 10.9. The van der Waals surface area contributed by atoms with Crippen molar-refractivity contribution in [1.82, 2.24) is 0 Å². The standard InChI is InChI=1S/C7H13O6S2/c1-5-4-6(14(8,9)10)2-3-7(5)15(11,12)13/h5-7H,1-4H2,(H,8,9,10)(H,11,12,13). The zero-order valence-corrected chi connectivity index (χ0v) is 9.54. The fourth-order valence-electron chi connectivity index (χ4n) is 1.86. The summed E-state index contributed by atoms with van der Waals surface area (Å²) in [5.41, 5.74) is 0. The van der Waals surface area contributed by atoms with E-state index in [9.17, 15) is 16.8 Å². The van der Waals surface area contributed by atoms with Gasteiger partial charge in [0.1, 0.15) is 0 Å². The zero-order valence-electron chi connectivity index (χ0n) is 7.90. The lowest BCUT2D eigenvalue weighted by atomic mass is 9.90. The van der Waals surface area contributed by atoms with Crippen molar-refractivity contribution in [2.24, 2.45) is 5.92 Å². The minimum atomic E-state index is -4.18. The van der Waals surface area contributed by atoms with Gasteiger partial charge in [0.25, 0.3) is 20.2 Å². The average molecular weight is 257 g/mol. The molecule has 0 bridgehead atoms. The van der Waals surface area contributed by atoms with Gasteiger partial charge in [-0.1, -0.05) is 0 Å². The Hall–Kier alpha value is -0.180. The first-order valence-corrected chi connectivity index (χ1v) is 7.38. The van der Waals surface area contributed by atoms with Gasteiger partial charge >= 0.3 is 0 Å². The van der Waals surface area contributed by atoms with E-state index < -0.39 is 36.7 Å². The molecule has 1 aliphatic rings. The molecule has 1 fully saturated rings. The third-order valence-electron chi connectivity index (χ3n) is 2.67. The highest BCUT2D eigenvalue weighted by Crippen LogP contribution is 2.31. The van der Waals surface area contributed by atoms with E-state index in [1.165, 1.54) is 0 Å². The third-order valence-corrected chi connectivity index (χ3v) is 5.32. The lowest BCUT2D eigenvalue weighted by Gasteiger charge is -2.30. The Labute approximate surface area is 89.2 Å². The Bertz CT molecular complexity index is 422. The summed E-state index contributed by atoms with van der Waals surface area (Å²) in [6, 6.07) is 0. The van der Waals surface area contributed by atoms with Gasteiger partial charge in [-0.25, -0.2) is 0 Å². The van der Waals surface area contributed by atoms with E-state index in [4.69, 9.17) is 9.11 Å². The van der Waals surface area contributed by atoms with Crippen molar-refractivity contribution in [3.63, 3.8) is 0 Å². The molecule has 1 radical (unpaired) electrons. The fraction of sp³-hybridized carbons (Fsp3) is 0.857. The molecule has 1 rings (SSSR count).